The van der Waals surface area contributed by atoms with Crippen LogP contribution in [-0.2, 0) is 4.79 Å². The molecule has 0 saturated carbocycles. The average Bonchev–Trinajstić information content (AvgIpc) is 3.02. The molecule has 0 aliphatic carbocycles. The van der Waals surface area contributed by atoms with Crippen LogP contribution >= 0.6 is 11.3 Å². The first-order valence-electron chi connectivity index (χ1n) is 6.17. The monoisotopic (exact) mass is 309 g/mol. The SMILES string of the molecule is O=C(O)C1CC(O)CN1c1ccc2scnc2c1[N+](=O)[O-]. The van der Waals surface area contributed by atoms with Gasteiger partial charge in [-0.1, -0.05) is 0 Å². The molecule has 0 bridgehead atoms. The molecule has 1 fully saturated rings. The number of anilines is 1. The fourth-order valence-corrected chi connectivity index (χ4v) is 3.31. The highest BCUT2D eigenvalue weighted by molar-refractivity contribution is 7.16. The predicted molar refractivity (Wildman–Crippen MR) is 75.7 cm³/mol. The van der Waals surface area contributed by atoms with Gasteiger partial charge in [-0.25, -0.2) is 9.78 Å². The Labute approximate surface area is 122 Å². The summed E-state index contributed by atoms with van der Waals surface area (Å²) in [6.45, 7) is 0.0491. The number of aliphatic carboxylic acids is 1. The molecular weight excluding hydrogens is 298 g/mol. The van der Waals surface area contributed by atoms with E-state index in [0.29, 0.717) is 4.70 Å². The molecule has 0 amide bonds. The van der Waals surface area contributed by atoms with Crippen LogP contribution in [0.5, 0.6) is 0 Å². The normalized spacial score (nSPS) is 21.9. The van der Waals surface area contributed by atoms with Gasteiger partial charge in [-0.15, -0.1) is 11.3 Å². The van der Waals surface area contributed by atoms with E-state index in [0.717, 1.165) is 0 Å². The standard InChI is InChI=1S/C12H11N3O5S/c16-6-3-8(12(17)18)14(4-6)7-1-2-9-10(13-5-21-9)11(7)15(19)20/h1-2,5-6,8,16H,3-4H2,(H,17,18). The van der Waals surface area contributed by atoms with Gasteiger partial charge in [-0.3, -0.25) is 10.1 Å². The number of carboxylic acid groups (broad SMARTS) is 1. The van der Waals surface area contributed by atoms with Crippen molar-refractivity contribution in [2.75, 3.05) is 11.4 Å². The maximum atomic E-state index is 11.4. The molecule has 1 saturated heterocycles. The third-order valence-electron chi connectivity index (χ3n) is 3.51. The van der Waals surface area contributed by atoms with Crippen molar-refractivity contribution in [3.05, 3.63) is 27.8 Å². The van der Waals surface area contributed by atoms with E-state index in [1.165, 1.54) is 27.8 Å². The minimum absolute atomic E-state index is 0.0432. The molecule has 1 aliphatic rings. The molecule has 2 aromatic rings. The fraction of sp³-hybridized carbons (Fsp3) is 0.333. The summed E-state index contributed by atoms with van der Waals surface area (Å²) < 4.78 is 0.664. The fourth-order valence-electron chi connectivity index (χ4n) is 2.63. The Balaban J connectivity index is 2.17. The highest BCUT2D eigenvalue weighted by Gasteiger charge is 2.39. The van der Waals surface area contributed by atoms with Crippen molar-refractivity contribution < 1.29 is 19.9 Å². The topological polar surface area (TPSA) is 117 Å². The van der Waals surface area contributed by atoms with Crippen molar-refractivity contribution in [1.29, 1.82) is 0 Å². The zero-order valence-electron chi connectivity index (χ0n) is 10.7. The summed E-state index contributed by atoms with van der Waals surface area (Å²) >= 11 is 1.28. The van der Waals surface area contributed by atoms with Gasteiger partial charge < -0.3 is 15.1 Å². The van der Waals surface area contributed by atoms with E-state index in [2.05, 4.69) is 4.98 Å². The van der Waals surface area contributed by atoms with E-state index in [1.807, 2.05) is 0 Å². The van der Waals surface area contributed by atoms with E-state index in [9.17, 15) is 25.1 Å². The summed E-state index contributed by atoms with van der Waals surface area (Å²) in [6.07, 6.45) is -0.779. The summed E-state index contributed by atoms with van der Waals surface area (Å²) in [5, 5.41) is 30.3. The van der Waals surface area contributed by atoms with Crippen LogP contribution in [0.25, 0.3) is 10.2 Å². The highest BCUT2D eigenvalue weighted by atomic mass is 32.1. The molecule has 2 heterocycles. The maximum Gasteiger partial charge on any atom is 0.326 e. The number of aliphatic hydroxyl groups excluding tert-OH is 1. The molecule has 110 valence electrons. The van der Waals surface area contributed by atoms with E-state index in [4.69, 9.17) is 0 Å². The van der Waals surface area contributed by atoms with Crippen molar-refractivity contribution >= 4 is 38.9 Å². The third kappa shape index (κ3) is 2.20. The number of nitro benzene ring substituents is 1. The van der Waals surface area contributed by atoms with Crippen LogP contribution in [0.2, 0.25) is 0 Å². The molecule has 21 heavy (non-hydrogen) atoms. The molecule has 1 aliphatic heterocycles. The highest BCUT2D eigenvalue weighted by Crippen LogP contribution is 2.39. The van der Waals surface area contributed by atoms with Crippen molar-refractivity contribution in [3.63, 3.8) is 0 Å². The van der Waals surface area contributed by atoms with Crippen LogP contribution in [0.1, 0.15) is 6.42 Å². The number of rotatable bonds is 3. The van der Waals surface area contributed by atoms with Crippen LogP contribution in [-0.4, -0.2) is 44.8 Å². The molecule has 2 N–H and O–H groups in total. The first kappa shape index (κ1) is 13.7. The zero-order chi connectivity index (χ0) is 15.1. The third-order valence-corrected chi connectivity index (χ3v) is 4.30. The number of hydrogen-bond acceptors (Lipinski definition) is 7. The lowest BCUT2D eigenvalue weighted by Crippen LogP contribution is -2.36. The van der Waals surface area contributed by atoms with Crippen LogP contribution in [0.3, 0.4) is 0 Å². The first-order valence-corrected chi connectivity index (χ1v) is 7.05. The number of thiazole rings is 1. The second-order valence-electron chi connectivity index (χ2n) is 4.79. The Morgan fingerprint density at radius 3 is 2.95 bits per heavy atom. The number of hydrogen-bond donors (Lipinski definition) is 2. The van der Waals surface area contributed by atoms with Crippen molar-refractivity contribution in [3.8, 4) is 0 Å². The van der Waals surface area contributed by atoms with Crippen LogP contribution in [0.4, 0.5) is 11.4 Å². The van der Waals surface area contributed by atoms with E-state index in [-0.39, 0.29) is 29.9 Å². The molecular formula is C12H11N3O5S. The Hall–Kier alpha value is -2.26. The smallest absolute Gasteiger partial charge is 0.326 e. The lowest BCUT2D eigenvalue weighted by molar-refractivity contribution is -0.382. The maximum absolute atomic E-state index is 11.4. The van der Waals surface area contributed by atoms with Gasteiger partial charge in [0.15, 0.2) is 5.52 Å². The second kappa shape index (κ2) is 4.93. The van der Waals surface area contributed by atoms with E-state index < -0.39 is 23.0 Å². The van der Waals surface area contributed by atoms with Gasteiger partial charge >= 0.3 is 11.7 Å². The van der Waals surface area contributed by atoms with Crippen LogP contribution in [0.15, 0.2) is 17.6 Å². The summed E-state index contributed by atoms with van der Waals surface area (Å²) in [5.74, 6) is -1.11. The van der Waals surface area contributed by atoms with Gasteiger partial charge in [0, 0.05) is 13.0 Å². The number of fused-ring (bicyclic) bond motifs is 1. The lowest BCUT2D eigenvalue weighted by Gasteiger charge is -2.23. The minimum Gasteiger partial charge on any atom is -0.480 e. The molecule has 2 unspecified atom stereocenters. The van der Waals surface area contributed by atoms with Gasteiger partial charge in [0.1, 0.15) is 11.7 Å². The number of aliphatic hydroxyl groups is 1. The zero-order valence-corrected chi connectivity index (χ0v) is 11.5. The van der Waals surface area contributed by atoms with Gasteiger partial charge in [0.05, 0.1) is 21.2 Å². The lowest BCUT2D eigenvalue weighted by atomic mass is 10.1. The van der Waals surface area contributed by atoms with E-state index in [1.54, 1.807) is 6.07 Å². The number of nitrogens with zero attached hydrogens (tertiary/aromatic N) is 3. The molecule has 0 radical (unpaired) electrons. The summed E-state index contributed by atoms with van der Waals surface area (Å²) in [5.41, 5.74) is 1.72. The quantitative estimate of drug-likeness (QED) is 0.646. The van der Waals surface area contributed by atoms with Gasteiger partial charge in [-0.2, -0.15) is 0 Å². The number of carbonyl (C=O) groups is 1. The van der Waals surface area contributed by atoms with Gasteiger partial charge in [0.25, 0.3) is 0 Å². The van der Waals surface area contributed by atoms with Gasteiger partial charge in [-0.05, 0) is 12.1 Å². The molecule has 1 aromatic heterocycles. The number of β-amino-alcohol motifs (C(OH)–C–C–N with tert-alkyl or cyclic N) is 1. The average molecular weight is 309 g/mol. The molecule has 1 aromatic carbocycles. The number of carboxylic acids is 1. The first-order chi connectivity index (χ1) is 9.99. The Morgan fingerprint density at radius 2 is 2.29 bits per heavy atom. The van der Waals surface area contributed by atoms with E-state index >= 15 is 0 Å². The molecule has 0 spiro atoms. The molecule has 9 heteroatoms. The summed E-state index contributed by atoms with van der Waals surface area (Å²) in [6, 6.07) is 2.22. The number of nitro groups is 1. The second-order valence-corrected chi connectivity index (χ2v) is 5.67. The predicted octanol–water partition coefficient (Wildman–Crippen LogP) is 1.23. The van der Waals surface area contributed by atoms with Crippen LogP contribution < -0.4 is 4.90 Å². The Bertz CT molecular complexity index is 731. The largest absolute Gasteiger partial charge is 0.480 e. The minimum atomic E-state index is -1.11. The molecule has 8 nitrogen and oxygen atoms in total. The molecule has 2 atom stereocenters. The van der Waals surface area contributed by atoms with Crippen molar-refractivity contribution in [1.82, 2.24) is 4.98 Å². The van der Waals surface area contributed by atoms with Crippen molar-refractivity contribution in [2.24, 2.45) is 0 Å². The number of aromatic nitrogens is 1. The summed E-state index contributed by atoms with van der Waals surface area (Å²) in [4.78, 5) is 27.5. The Morgan fingerprint density at radius 1 is 1.52 bits per heavy atom. The number of benzene rings is 1. The van der Waals surface area contributed by atoms with Crippen molar-refractivity contribution in [2.45, 2.75) is 18.6 Å². The van der Waals surface area contributed by atoms with Gasteiger partial charge in [0.2, 0.25) is 0 Å². The van der Waals surface area contributed by atoms with Crippen LogP contribution in [0, 0.1) is 10.1 Å². The summed E-state index contributed by atoms with van der Waals surface area (Å²) in [7, 11) is 0. The molecule has 3 rings (SSSR count). The Kier molecular flexibility index (Phi) is 3.22.